The van der Waals surface area contributed by atoms with Crippen LogP contribution in [0.25, 0.3) is 0 Å². The summed E-state index contributed by atoms with van der Waals surface area (Å²) in [5.74, 6) is 0. The molecule has 0 fully saturated rings. The number of anilines is 1. The second-order valence-electron chi connectivity index (χ2n) is 3.19. The molecule has 2 N–H and O–H groups in total. The zero-order valence-electron chi connectivity index (χ0n) is 7.77. The summed E-state index contributed by atoms with van der Waals surface area (Å²) in [5.41, 5.74) is 8.71. The SMILES string of the molecule is Nc1[c]ccc(Cc2cccnc2)c1. The molecule has 1 aromatic carbocycles. The van der Waals surface area contributed by atoms with E-state index in [2.05, 4.69) is 17.1 Å². The van der Waals surface area contributed by atoms with Gasteiger partial charge in [-0.1, -0.05) is 18.2 Å². The maximum atomic E-state index is 5.64. The van der Waals surface area contributed by atoms with Crippen LogP contribution in [0.3, 0.4) is 0 Å². The van der Waals surface area contributed by atoms with Gasteiger partial charge in [-0.3, -0.25) is 4.98 Å². The molecule has 0 saturated carbocycles. The van der Waals surface area contributed by atoms with Crippen LogP contribution in [-0.2, 0) is 6.42 Å². The van der Waals surface area contributed by atoms with E-state index in [9.17, 15) is 0 Å². The van der Waals surface area contributed by atoms with Crippen molar-refractivity contribution in [3.8, 4) is 0 Å². The van der Waals surface area contributed by atoms with Crippen LogP contribution in [0.1, 0.15) is 11.1 Å². The molecule has 0 atom stereocenters. The Hall–Kier alpha value is -1.83. The van der Waals surface area contributed by atoms with Crippen LogP contribution in [0.4, 0.5) is 5.69 Å². The second kappa shape index (κ2) is 3.92. The summed E-state index contributed by atoms with van der Waals surface area (Å²) < 4.78 is 0. The predicted octanol–water partition coefficient (Wildman–Crippen LogP) is 2.05. The Morgan fingerprint density at radius 3 is 2.93 bits per heavy atom. The van der Waals surface area contributed by atoms with Crippen molar-refractivity contribution in [2.75, 3.05) is 5.73 Å². The van der Waals surface area contributed by atoms with Crippen molar-refractivity contribution < 1.29 is 0 Å². The fourth-order valence-corrected chi connectivity index (χ4v) is 1.38. The molecule has 2 aromatic rings. The number of nitrogens with two attached hydrogens (primary N) is 1. The first-order valence-electron chi connectivity index (χ1n) is 4.49. The lowest BCUT2D eigenvalue weighted by molar-refractivity contribution is 1.15. The summed E-state index contributed by atoms with van der Waals surface area (Å²) in [6.07, 6.45) is 4.51. The van der Waals surface area contributed by atoms with E-state index in [4.69, 9.17) is 5.73 Å². The molecule has 0 amide bonds. The normalized spacial score (nSPS) is 10.0. The van der Waals surface area contributed by atoms with Gasteiger partial charge in [0.1, 0.15) is 0 Å². The highest BCUT2D eigenvalue weighted by Gasteiger charge is 1.96. The van der Waals surface area contributed by atoms with Crippen molar-refractivity contribution in [2.45, 2.75) is 6.42 Å². The van der Waals surface area contributed by atoms with E-state index >= 15 is 0 Å². The zero-order chi connectivity index (χ0) is 9.80. The molecule has 2 heteroatoms. The number of hydrogen-bond donors (Lipinski definition) is 1. The van der Waals surface area contributed by atoms with Gasteiger partial charge in [-0.05, 0) is 29.7 Å². The molecule has 0 bridgehead atoms. The topological polar surface area (TPSA) is 38.9 Å². The number of nitrogen functional groups attached to an aromatic ring is 1. The van der Waals surface area contributed by atoms with Gasteiger partial charge in [0.2, 0.25) is 0 Å². The Bertz CT molecular complexity index is 410. The van der Waals surface area contributed by atoms with E-state index in [-0.39, 0.29) is 0 Å². The molecular weight excluding hydrogens is 172 g/mol. The van der Waals surface area contributed by atoms with Crippen LogP contribution in [0.15, 0.2) is 42.7 Å². The van der Waals surface area contributed by atoms with Crippen LogP contribution < -0.4 is 5.73 Å². The first kappa shape index (κ1) is 8.75. The number of nitrogens with zero attached hydrogens (tertiary/aromatic N) is 1. The van der Waals surface area contributed by atoms with Gasteiger partial charge in [-0.25, -0.2) is 0 Å². The van der Waals surface area contributed by atoms with Crippen LogP contribution >= 0.6 is 0 Å². The molecule has 0 aliphatic heterocycles. The third-order valence-corrected chi connectivity index (χ3v) is 2.02. The largest absolute Gasteiger partial charge is 0.398 e. The van der Waals surface area contributed by atoms with E-state index in [1.54, 1.807) is 6.20 Å². The molecule has 0 aliphatic rings. The van der Waals surface area contributed by atoms with E-state index in [1.807, 2.05) is 30.5 Å². The van der Waals surface area contributed by atoms with Crippen molar-refractivity contribution in [1.82, 2.24) is 4.98 Å². The molecule has 2 nitrogen and oxygen atoms in total. The Balaban J connectivity index is 2.19. The molecule has 0 unspecified atom stereocenters. The van der Waals surface area contributed by atoms with Crippen molar-refractivity contribution in [1.29, 1.82) is 0 Å². The second-order valence-corrected chi connectivity index (χ2v) is 3.19. The predicted molar refractivity (Wildman–Crippen MR) is 56.7 cm³/mol. The summed E-state index contributed by atoms with van der Waals surface area (Å²) in [6.45, 7) is 0. The van der Waals surface area contributed by atoms with Gasteiger partial charge in [-0.2, -0.15) is 0 Å². The molecule has 69 valence electrons. The van der Waals surface area contributed by atoms with Gasteiger partial charge in [0.05, 0.1) is 0 Å². The highest BCUT2D eigenvalue weighted by molar-refractivity contribution is 5.40. The molecular formula is C12H11N2. The van der Waals surface area contributed by atoms with E-state index in [0.29, 0.717) is 5.69 Å². The van der Waals surface area contributed by atoms with Crippen LogP contribution in [0.5, 0.6) is 0 Å². The smallest absolute Gasteiger partial charge is 0.0397 e. The third-order valence-electron chi connectivity index (χ3n) is 2.02. The molecule has 0 spiro atoms. The molecule has 0 saturated heterocycles. The first-order valence-corrected chi connectivity index (χ1v) is 4.49. The molecule has 14 heavy (non-hydrogen) atoms. The highest BCUT2D eigenvalue weighted by atomic mass is 14.6. The van der Waals surface area contributed by atoms with Gasteiger partial charge in [0.25, 0.3) is 0 Å². The molecule has 1 radical (unpaired) electrons. The van der Waals surface area contributed by atoms with Gasteiger partial charge < -0.3 is 5.73 Å². The molecule has 1 aromatic heterocycles. The minimum absolute atomic E-state index is 0.686. The van der Waals surface area contributed by atoms with Gasteiger partial charge in [0, 0.05) is 24.1 Å². The molecule has 2 rings (SSSR count). The fourth-order valence-electron chi connectivity index (χ4n) is 1.38. The van der Waals surface area contributed by atoms with Gasteiger partial charge in [0.15, 0.2) is 0 Å². The maximum Gasteiger partial charge on any atom is 0.0397 e. The molecule has 1 heterocycles. The third kappa shape index (κ3) is 2.10. The average Bonchev–Trinajstić information content (AvgIpc) is 2.19. The number of benzene rings is 1. The summed E-state index contributed by atoms with van der Waals surface area (Å²) >= 11 is 0. The first-order chi connectivity index (χ1) is 6.84. The number of pyridine rings is 1. The summed E-state index contributed by atoms with van der Waals surface area (Å²) in [6, 6.07) is 12.7. The van der Waals surface area contributed by atoms with Crippen LogP contribution in [0, 0.1) is 6.07 Å². The maximum absolute atomic E-state index is 5.64. The lowest BCUT2D eigenvalue weighted by atomic mass is 10.1. The molecule has 0 aliphatic carbocycles. The fraction of sp³-hybridized carbons (Fsp3) is 0.0833. The quantitative estimate of drug-likeness (QED) is 0.724. The summed E-state index contributed by atoms with van der Waals surface area (Å²) in [7, 11) is 0. The zero-order valence-corrected chi connectivity index (χ0v) is 7.77. The van der Waals surface area contributed by atoms with Crippen LogP contribution in [0.2, 0.25) is 0 Å². The number of aromatic nitrogens is 1. The number of hydrogen-bond acceptors (Lipinski definition) is 2. The minimum atomic E-state index is 0.686. The van der Waals surface area contributed by atoms with Gasteiger partial charge >= 0.3 is 0 Å². The highest BCUT2D eigenvalue weighted by Crippen LogP contribution is 2.10. The van der Waals surface area contributed by atoms with Crippen molar-refractivity contribution >= 4 is 5.69 Å². The van der Waals surface area contributed by atoms with E-state index in [0.717, 1.165) is 6.42 Å². The number of rotatable bonds is 2. The lowest BCUT2D eigenvalue weighted by Gasteiger charge is -2.01. The standard InChI is InChI=1S/C12H11N2/c13-12-5-1-3-10(8-12)7-11-4-2-6-14-9-11/h1-4,6,8-9H,7,13H2. The van der Waals surface area contributed by atoms with Crippen molar-refractivity contribution in [3.05, 3.63) is 59.9 Å². The summed E-state index contributed by atoms with van der Waals surface area (Å²) in [5, 5.41) is 0. The Kier molecular flexibility index (Phi) is 2.45. The average molecular weight is 183 g/mol. The van der Waals surface area contributed by atoms with E-state index < -0.39 is 0 Å². The van der Waals surface area contributed by atoms with Crippen LogP contribution in [-0.4, -0.2) is 4.98 Å². The minimum Gasteiger partial charge on any atom is -0.398 e. The Morgan fingerprint density at radius 2 is 2.21 bits per heavy atom. The lowest BCUT2D eigenvalue weighted by Crippen LogP contribution is -1.91. The monoisotopic (exact) mass is 183 g/mol. The van der Waals surface area contributed by atoms with Crippen molar-refractivity contribution in [3.63, 3.8) is 0 Å². The summed E-state index contributed by atoms with van der Waals surface area (Å²) in [4.78, 5) is 4.06. The van der Waals surface area contributed by atoms with Crippen molar-refractivity contribution in [2.24, 2.45) is 0 Å². The van der Waals surface area contributed by atoms with E-state index in [1.165, 1.54) is 11.1 Å². The Labute approximate surface area is 83.4 Å². The Morgan fingerprint density at radius 1 is 1.29 bits per heavy atom. The van der Waals surface area contributed by atoms with Gasteiger partial charge in [-0.15, -0.1) is 0 Å².